The van der Waals surface area contributed by atoms with Crippen LogP contribution in [0.3, 0.4) is 0 Å². The lowest BCUT2D eigenvalue weighted by molar-refractivity contribution is -0.206. The minimum Gasteiger partial charge on any atom is -0.429 e. The Morgan fingerprint density at radius 2 is 1.23 bits per heavy atom. The van der Waals surface area contributed by atoms with Crippen LogP contribution < -0.4 is 4.74 Å². The molecule has 48 heavy (non-hydrogen) atoms. The van der Waals surface area contributed by atoms with Gasteiger partial charge in [0.05, 0.1) is 13.2 Å². The van der Waals surface area contributed by atoms with Crippen molar-refractivity contribution in [2.75, 3.05) is 13.2 Å². The Morgan fingerprint density at radius 1 is 0.667 bits per heavy atom. The summed E-state index contributed by atoms with van der Waals surface area (Å²) in [6.45, 7) is 4.73. The van der Waals surface area contributed by atoms with Crippen molar-refractivity contribution in [1.29, 1.82) is 0 Å². The summed E-state index contributed by atoms with van der Waals surface area (Å²) in [4.78, 5) is 0. The molecule has 0 unspecified atom stereocenters. The first kappa shape index (κ1) is 35.3. The zero-order chi connectivity index (χ0) is 34.6. The minimum atomic E-state index is -4.63. The van der Waals surface area contributed by atoms with E-state index >= 15 is 22.0 Å². The van der Waals surface area contributed by atoms with Gasteiger partial charge in [0, 0.05) is 34.2 Å². The molecule has 0 radical (unpaired) electrons. The monoisotopic (exact) mass is 678 g/mol. The second-order valence-electron chi connectivity index (χ2n) is 11.8. The Labute approximate surface area is 273 Å². The van der Waals surface area contributed by atoms with Gasteiger partial charge in [0.1, 0.15) is 46.2 Å². The van der Waals surface area contributed by atoms with Gasteiger partial charge in [0.25, 0.3) is 0 Å². The Bertz CT molecular complexity index is 1710. The smallest absolute Gasteiger partial charge is 0.429 e. The van der Waals surface area contributed by atoms with Gasteiger partial charge in [-0.1, -0.05) is 51.7 Å². The van der Waals surface area contributed by atoms with Gasteiger partial charge in [-0.15, -0.1) is 0 Å². The molecule has 1 saturated heterocycles. The Balaban J connectivity index is 1.31. The molecule has 1 aliphatic rings. The van der Waals surface area contributed by atoms with E-state index in [1.54, 1.807) is 6.92 Å². The van der Waals surface area contributed by atoms with Crippen LogP contribution in [0.4, 0.5) is 35.1 Å². The van der Waals surface area contributed by atoms with E-state index in [0.717, 1.165) is 56.0 Å². The standard InChI is InChI=1S/C37H34F8O3/c1-3-5-6-8-21-19-46-36(47-20-21)22-9-11-26(29(38)13-22)24-16-33(42)35(34(43)17-24)37(44,45)48-25-10-12-27(32(41)18-25)23-14-30(39)28(7-4-2)31(40)15-23/h9-18,21,36H,3-8,19-20H2,1-2H3. The van der Waals surface area contributed by atoms with Crippen molar-refractivity contribution in [2.24, 2.45) is 5.92 Å². The van der Waals surface area contributed by atoms with Crippen molar-refractivity contribution in [3.8, 4) is 28.0 Å². The molecule has 0 bridgehead atoms. The average molecular weight is 679 g/mol. The predicted molar refractivity (Wildman–Crippen MR) is 164 cm³/mol. The molecule has 5 rings (SSSR count). The van der Waals surface area contributed by atoms with Gasteiger partial charge in [-0.05, 0) is 66.4 Å². The fourth-order valence-electron chi connectivity index (χ4n) is 5.74. The molecule has 0 atom stereocenters. The second kappa shape index (κ2) is 15.1. The summed E-state index contributed by atoms with van der Waals surface area (Å²) < 4.78 is 135. The SMILES string of the molecule is CCCCCC1COC(c2ccc(-c3cc(F)c(C(F)(F)Oc4ccc(-c5cc(F)c(CCC)c(F)c5)c(F)c4)c(F)c3)c(F)c2)OC1. The van der Waals surface area contributed by atoms with Gasteiger partial charge in [0.2, 0.25) is 0 Å². The maximum atomic E-state index is 15.1. The van der Waals surface area contributed by atoms with Crippen molar-refractivity contribution in [2.45, 2.75) is 64.8 Å². The van der Waals surface area contributed by atoms with E-state index in [1.807, 2.05) is 0 Å². The normalized spacial score (nSPS) is 16.7. The third-order valence-electron chi connectivity index (χ3n) is 8.23. The van der Waals surface area contributed by atoms with Crippen LogP contribution in [0.15, 0.2) is 60.7 Å². The van der Waals surface area contributed by atoms with E-state index in [1.165, 1.54) is 12.1 Å². The van der Waals surface area contributed by atoms with Crippen molar-refractivity contribution in [1.82, 2.24) is 0 Å². The molecule has 0 aromatic heterocycles. The fourth-order valence-corrected chi connectivity index (χ4v) is 5.74. The molecule has 0 spiro atoms. The molecule has 11 heteroatoms. The largest absolute Gasteiger partial charge is 0.432 e. The number of unbranched alkanes of at least 4 members (excludes halogenated alkanes) is 2. The molecule has 0 N–H and O–H groups in total. The summed E-state index contributed by atoms with van der Waals surface area (Å²) in [5.74, 6) is -7.88. The molecule has 1 aliphatic heterocycles. The van der Waals surface area contributed by atoms with Crippen LogP contribution in [0, 0.1) is 40.8 Å². The lowest BCUT2D eigenvalue weighted by Crippen LogP contribution is -2.27. The minimum absolute atomic E-state index is 0.128. The summed E-state index contributed by atoms with van der Waals surface area (Å²) in [5, 5.41) is 0. The maximum absolute atomic E-state index is 15.1. The topological polar surface area (TPSA) is 27.7 Å². The molecule has 4 aromatic rings. The molecule has 0 aliphatic carbocycles. The van der Waals surface area contributed by atoms with Gasteiger partial charge >= 0.3 is 6.11 Å². The molecular formula is C37H34F8O3. The van der Waals surface area contributed by atoms with Gasteiger partial charge in [-0.25, -0.2) is 26.3 Å². The first-order valence-corrected chi connectivity index (χ1v) is 15.8. The van der Waals surface area contributed by atoms with Gasteiger partial charge in [-0.2, -0.15) is 8.78 Å². The van der Waals surface area contributed by atoms with E-state index in [2.05, 4.69) is 11.7 Å². The number of rotatable bonds is 12. The van der Waals surface area contributed by atoms with Crippen LogP contribution in [0.5, 0.6) is 5.75 Å². The first-order chi connectivity index (χ1) is 22.9. The van der Waals surface area contributed by atoms with E-state index in [4.69, 9.17) is 9.47 Å². The lowest BCUT2D eigenvalue weighted by Gasteiger charge is -2.29. The van der Waals surface area contributed by atoms with E-state index < -0.39 is 58.6 Å². The lowest BCUT2D eigenvalue weighted by atomic mass is 9.99. The number of hydrogen-bond acceptors (Lipinski definition) is 3. The van der Waals surface area contributed by atoms with Crippen LogP contribution in [0.1, 0.15) is 68.9 Å². The quantitative estimate of drug-likeness (QED) is 0.110. The fraction of sp³-hybridized carbons (Fsp3) is 0.351. The van der Waals surface area contributed by atoms with Crippen molar-refractivity contribution in [3.63, 3.8) is 0 Å². The molecule has 3 nitrogen and oxygen atoms in total. The number of benzene rings is 4. The summed E-state index contributed by atoms with van der Waals surface area (Å²) in [6.07, 6.45) is -0.648. The zero-order valence-electron chi connectivity index (χ0n) is 26.3. The van der Waals surface area contributed by atoms with Crippen LogP contribution in [0.2, 0.25) is 0 Å². The van der Waals surface area contributed by atoms with Gasteiger partial charge in [0.15, 0.2) is 6.29 Å². The summed E-state index contributed by atoms with van der Waals surface area (Å²) in [7, 11) is 0. The molecule has 1 heterocycles. The highest BCUT2D eigenvalue weighted by Crippen LogP contribution is 2.39. The van der Waals surface area contributed by atoms with E-state index in [9.17, 15) is 13.2 Å². The summed E-state index contributed by atoms with van der Waals surface area (Å²) >= 11 is 0. The number of halogens is 8. The third kappa shape index (κ3) is 7.84. The van der Waals surface area contributed by atoms with Crippen LogP contribution in [-0.2, 0) is 22.0 Å². The Kier molecular flexibility index (Phi) is 11.1. The number of ether oxygens (including phenoxy) is 3. The summed E-state index contributed by atoms with van der Waals surface area (Å²) in [5.41, 5.74) is -2.69. The highest BCUT2D eigenvalue weighted by Gasteiger charge is 2.41. The molecule has 0 saturated carbocycles. The average Bonchev–Trinajstić information content (AvgIpc) is 3.02. The van der Waals surface area contributed by atoms with E-state index in [-0.39, 0.29) is 40.2 Å². The first-order valence-electron chi connectivity index (χ1n) is 15.8. The Hall–Kier alpha value is -3.96. The molecule has 4 aromatic carbocycles. The van der Waals surface area contributed by atoms with Gasteiger partial charge in [-0.3, -0.25) is 0 Å². The van der Waals surface area contributed by atoms with Crippen molar-refractivity contribution in [3.05, 3.63) is 112 Å². The molecule has 0 amide bonds. The predicted octanol–water partition coefficient (Wildman–Crippen LogP) is 11.2. The van der Waals surface area contributed by atoms with Gasteiger partial charge < -0.3 is 14.2 Å². The number of hydrogen-bond donors (Lipinski definition) is 0. The highest BCUT2D eigenvalue weighted by atomic mass is 19.3. The third-order valence-corrected chi connectivity index (χ3v) is 8.23. The molecular weight excluding hydrogens is 644 g/mol. The second-order valence-corrected chi connectivity index (χ2v) is 11.8. The van der Waals surface area contributed by atoms with E-state index in [0.29, 0.717) is 43.4 Å². The van der Waals surface area contributed by atoms with Crippen LogP contribution >= 0.6 is 0 Å². The van der Waals surface area contributed by atoms with Crippen molar-refractivity contribution >= 4 is 0 Å². The zero-order valence-corrected chi connectivity index (χ0v) is 26.3. The molecule has 256 valence electrons. The van der Waals surface area contributed by atoms with Crippen molar-refractivity contribution < 1.29 is 49.3 Å². The Morgan fingerprint density at radius 3 is 1.77 bits per heavy atom. The number of alkyl halides is 2. The molecule has 1 fully saturated rings. The highest BCUT2D eigenvalue weighted by molar-refractivity contribution is 5.67. The van der Waals surface area contributed by atoms with Crippen LogP contribution in [0.25, 0.3) is 22.3 Å². The maximum Gasteiger partial charge on any atom is 0.432 e. The summed E-state index contributed by atoms with van der Waals surface area (Å²) in [6, 6.07) is 9.05. The van der Waals surface area contributed by atoms with Crippen LogP contribution in [-0.4, -0.2) is 13.2 Å².